The summed E-state index contributed by atoms with van der Waals surface area (Å²) in [6.07, 6.45) is 4.60. The Morgan fingerprint density at radius 1 is 1.25 bits per heavy atom. The molecule has 4 rings (SSSR count). The normalized spacial score (nSPS) is 18.6. The van der Waals surface area contributed by atoms with Crippen LogP contribution in [0, 0.1) is 0 Å². The number of hydrogen-bond acceptors (Lipinski definition) is 7. The number of carbonyl (C=O) groups excluding carboxylic acids is 1. The monoisotopic (exact) mass is 479 g/mol. The van der Waals surface area contributed by atoms with Crippen molar-refractivity contribution in [3.63, 3.8) is 0 Å². The summed E-state index contributed by atoms with van der Waals surface area (Å²) in [5.74, 6) is 0.202. The first-order valence-corrected chi connectivity index (χ1v) is 13.4. The number of nitrogens with zero attached hydrogens (tertiary/aromatic N) is 3. The van der Waals surface area contributed by atoms with Crippen molar-refractivity contribution in [2.45, 2.75) is 38.7 Å². The number of benzene rings is 1. The van der Waals surface area contributed by atoms with Crippen LogP contribution in [0.5, 0.6) is 5.19 Å². The number of ether oxygens (including phenoxy) is 2. The predicted octanol–water partition coefficient (Wildman–Crippen LogP) is 3.73. The lowest BCUT2D eigenvalue weighted by Crippen LogP contribution is -2.41. The lowest BCUT2D eigenvalue weighted by molar-refractivity contribution is 0.0791. The van der Waals surface area contributed by atoms with Crippen molar-refractivity contribution in [2.24, 2.45) is 0 Å². The van der Waals surface area contributed by atoms with Gasteiger partial charge in [0.15, 0.2) is 0 Å². The molecule has 3 heterocycles. The van der Waals surface area contributed by atoms with E-state index in [1.165, 1.54) is 24.0 Å². The van der Waals surface area contributed by atoms with Crippen molar-refractivity contribution in [1.82, 2.24) is 14.2 Å². The second kappa shape index (κ2) is 9.76. The van der Waals surface area contributed by atoms with E-state index in [0.717, 1.165) is 28.6 Å². The number of aromatic nitrogens is 1. The van der Waals surface area contributed by atoms with Gasteiger partial charge in [0.2, 0.25) is 10.0 Å². The minimum Gasteiger partial charge on any atom is -0.467 e. The average molecular weight is 480 g/mol. The molecule has 2 aliphatic rings. The van der Waals surface area contributed by atoms with E-state index in [2.05, 4.69) is 11.1 Å². The smallest absolute Gasteiger partial charge is 0.409 e. The second-order valence-electron chi connectivity index (χ2n) is 8.09. The van der Waals surface area contributed by atoms with Gasteiger partial charge in [-0.05, 0) is 36.1 Å². The highest BCUT2D eigenvalue weighted by Gasteiger charge is 2.26. The van der Waals surface area contributed by atoms with Gasteiger partial charge >= 0.3 is 6.09 Å². The van der Waals surface area contributed by atoms with E-state index in [-0.39, 0.29) is 18.0 Å². The Bertz CT molecular complexity index is 1100. The molecule has 0 spiro atoms. The Hall–Kier alpha value is -2.17. The van der Waals surface area contributed by atoms with E-state index in [4.69, 9.17) is 9.47 Å². The van der Waals surface area contributed by atoms with Gasteiger partial charge in [-0.25, -0.2) is 18.2 Å². The second-order valence-corrected chi connectivity index (χ2v) is 11.2. The molecule has 2 aromatic rings. The van der Waals surface area contributed by atoms with Crippen molar-refractivity contribution < 1.29 is 22.7 Å². The van der Waals surface area contributed by atoms with Gasteiger partial charge in [0, 0.05) is 39.0 Å². The van der Waals surface area contributed by atoms with E-state index in [1.54, 1.807) is 9.21 Å². The van der Waals surface area contributed by atoms with Crippen molar-refractivity contribution in [3.8, 4) is 5.19 Å². The first-order chi connectivity index (χ1) is 15.4. The summed E-state index contributed by atoms with van der Waals surface area (Å²) in [4.78, 5) is 17.9. The van der Waals surface area contributed by atoms with Crippen LogP contribution in [0.25, 0.3) is 15.8 Å². The van der Waals surface area contributed by atoms with E-state index in [0.29, 0.717) is 44.2 Å². The van der Waals surface area contributed by atoms with E-state index >= 15 is 0 Å². The lowest BCUT2D eigenvalue weighted by Gasteiger charge is -2.30. The molecule has 0 bridgehead atoms. The van der Waals surface area contributed by atoms with E-state index < -0.39 is 10.0 Å². The summed E-state index contributed by atoms with van der Waals surface area (Å²) in [6.45, 7) is 4.07. The number of sulfonamides is 1. The Morgan fingerprint density at radius 2 is 2.03 bits per heavy atom. The summed E-state index contributed by atoms with van der Waals surface area (Å²) >= 11 is 1.52. The summed E-state index contributed by atoms with van der Waals surface area (Å²) in [7, 11) is -1.76. The van der Waals surface area contributed by atoms with E-state index in [1.807, 2.05) is 25.1 Å². The fourth-order valence-corrected chi connectivity index (χ4v) is 6.50. The van der Waals surface area contributed by atoms with Crippen LogP contribution >= 0.6 is 11.3 Å². The first-order valence-electron chi connectivity index (χ1n) is 11.0. The first kappa shape index (κ1) is 23.0. The molecule has 1 aromatic carbocycles. The Morgan fingerprint density at radius 3 is 2.69 bits per heavy atom. The fourth-order valence-electron chi connectivity index (χ4n) is 4.13. The Kier molecular flexibility index (Phi) is 7.02. The van der Waals surface area contributed by atoms with Gasteiger partial charge in [-0.2, -0.15) is 4.31 Å². The molecule has 2 aliphatic heterocycles. The van der Waals surface area contributed by atoms with Gasteiger partial charge in [-0.1, -0.05) is 30.4 Å². The maximum absolute atomic E-state index is 12.3. The number of amides is 1. The molecule has 174 valence electrons. The summed E-state index contributed by atoms with van der Waals surface area (Å²) in [5, 5.41) is 0.642. The molecular weight excluding hydrogens is 450 g/mol. The minimum atomic E-state index is -3.16. The maximum Gasteiger partial charge on any atom is 0.409 e. The van der Waals surface area contributed by atoms with Crippen LogP contribution < -0.4 is 4.74 Å². The van der Waals surface area contributed by atoms with Gasteiger partial charge in [-0.3, -0.25) is 0 Å². The standard InChI is InChI=1S/C22H29N3O5S2/c1-3-14-32(27,28)25-12-6-16(7-13-25)17-4-5-19-20(15-17)31-21(23-19)30-18-8-10-24(11-9-18)22(26)29-2/h4-6,15,18H,3,7-14H2,1-2H3. The van der Waals surface area contributed by atoms with Gasteiger partial charge in [-0.15, -0.1) is 0 Å². The minimum absolute atomic E-state index is 0.0352. The van der Waals surface area contributed by atoms with Crippen LogP contribution in [0.4, 0.5) is 4.79 Å². The molecule has 0 aliphatic carbocycles. The van der Waals surface area contributed by atoms with Crippen LogP contribution in [0.3, 0.4) is 0 Å². The number of piperidine rings is 1. The number of likely N-dealkylation sites (tertiary alicyclic amines) is 1. The number of rotatable bonds is 6. The quantitative estimate of drug-likeness (QED) is 0.627. The highest BCUT2D eigenvalue weighted by atomic mass is 32.2. The van der Waals surface area contributed by atoms with Crippen molar-refractivity contribution in [2.75, 3.05) is 39.0 Å². The third kappa shape index (κ3) is 5.07. The molecule has 1 saturated heterocycles. The van der Waals surface area contributed by atoms with E-state index in [9.17, 15) is 13.2 Å². The lowest BCUT2D eigenvalue weighted by atomic mass is 10.0. The molecule has 0 unspecified atom stereocenters. The number of thiazole rings is 1. The van der Waals surface area contributed by atoms with Crippen molar-refractivity contribution in [3.05, 3.63) is 29.8 Å². The summed E-state index contributed by atoms with van der Waals surface area (Å²) < 4.78 is 38.1. The molecule has 8 nitrogen and oxygen atoms in total. The van der Waals surface area contributed by atoms with Gasteiger partial charge < -0.3 is 14.4 Å². The zero-order valence-corrected chi connectivity index (χ0v) is 20.1. The third-order valence-corrected chi connectivity index (χ3v) is 8.86. The van der Waals surface area contributed by atoms with Crippen molar-refractivity contribution >= 4 is 43.2 Å². The van der Waals surface area contributed by atoms with Gasteiger partial charge in [0.05, 0.1) is 23.1 Å². The highest BCUT2D eigenvalue weighted by molar-refractivity contribution is 7.89. The molecule has 1 aromatic heterocycles. The average Bonchev–Trinajstić information content (AvgIpc) is 3.20. The Labute approximate surface area is 192 Å². The maximum atomic E-state index is 12.3. The Balaban J connectivity index is 1.41. The van der Waals surface area contributed by atoms with Crippen LogP contribution in [-0.4, -0.2) is 73.8 Å². The number of fused-ring (bicyclic) bond motifs is 1. The summed E-state index contributed by atoms with van der Waals surface area (Å²) in [5.41, 5.74) is 3.16. The molecule has 1 fully saturated rings. The van der Waals surface area contributed by atoms with Crippen molar-refractivity contribution in [1.29, 1.82) is 0 Å². The SMILES string of the molecule is CCCS(=O)(=O)N1CC=C(c2ccc3nc(OC4CCN(C(=O)OC)CC4)sc3c2)CC1. The zero-order valence-electron chi connectivity index (χ0n) is 18.5. The predicted molar refractivity (Wildman–Crippen MR) is 125 cm³/mol. The van der Waals surface area contributed by atoms with Gasteiger partial charge in [0.25, 0.3) is 5.19 Å². The summed E-state index contributed by atoms with van der Waals surface area (Å²) in [6, 6.07) is 6.15. The molecule has 1 amide bonds. The molecule has 0 saturated carbocycles. The van der Waals surface area contributed by atoms with Crippen LogP contribution in [-0.2, 0) is 14.8 Å². The number of methoxy groups -OCH3 is 1. The van der Waals surface area contributed by atoms with Crippen LogP contribution in [0.1, 0.15) is 38.2 Å². The molecular formula is C22H29N3O5S2. The largest absolute Gasteiger partial charge is 0.467 e. The highest BCUT2D eigenvalue weighted by Crippen LogP contribution is 2.33. The molecule has 0 radical (unpaired) electrons. The third-order valence-electron chi connectivity index (χ3n) is 5.91. The topological polar surface area (TPSA) is 89.0 Å². The van der Waals surface area contributed by atoms with Crippen LogP contribution in [0.2, 0.25) is 0 Å². The molecule has 0 atom stereocenters. The number of carbonyl (C=O) groups is 1. The fraction of sp³-hybridized carbons (Fsp3) is 0.545. The molecule has 32 heavy (non-hydrogen) atoms. The molecule has 0 N–H and O–H groups in total. The zero-order chi connectivity index (χ0) is 22.7. The molecule has 10 heteroatoms. The van der Waals surface area contributed by atoms with Gasteiger partial charge in [0.1, 0.15) is 6.10 Å². The van der Waals surface area contributed by atoms with Crippen LogP contribution in [0.15, 0.2) is 24.3 Å². The number of hydrogen-bond donors (Lipinski definition) is 0.